The average molecular weight is 426 g/mol. The van der Waals surface area contributed by atoms with Crippen LogP contribution in [0.25, 0.3) is 21.8 Å². The Morgan fingerprint density at radius 2 is 1.91 bits per heavy atom. The Labute approximate surface area is 184 Å². The highest BCUT2D eigenvalue weighted by atomic mass is 16.5. The maximum absolute atomic E-state index is 13.0. The van der Waals surface area contributed by atoms with Crippen LogP contribution >= 0.6 is 0 Å². The Morgan fingerprint density at radius 1 is 1.03 bits per heavy atom. The van der Waals surface area contributed by atoms with Crippen LogP contribution in [0, 0.1) is 0 Å². The molecule has 8 heteroatoms. The summed E-state index contributed by atoms with van der Waals surface area (Å²) in [6.45, 7) is 6.22. The first-order valence-corrected chi connectivity index (χ1v) is 10.2. The second-order valence-corrected chi connectivity index (χ2v) is 8.60. The monoisotopic (exact) mass is 426 g/mol. The van der Waals surface area contributed by atoms with Crippen molar-refractivity contribution in [2.75, 3.05) is 5.32 Å². The molecule has 0 aliphatic rings. The standard InChI is InChI=1S/C24H22N6O2/c1-24(2,3)20-12-21(29-28-20)27-23(31)17-6-4-5-14-11-15(7-8-16(14)17)32-19-9-10-25-22-18(19)13-26-30-22/h4-13H,1-3H3,(H,25,26,30)(H2,27,28,29,31). The van der Waals surface area contributed by atoms with Crippen molar-refractivity contribution in [3.63, 3.8) is 0 Å². The summed E-state index contributed by atoms with van der Waals surface area (Å²) in [6.07, 6.45) is 3.35. The number of rotatable bonds is 4. The minimum absolute atomic E-state index is 0.105. The molecule has 0 bridgehead atoms. The maximum atomic E-state index is 13.0. The number of amides is 1. The lowest BCUT2D eigenvalue weighted by atomic mass is 9.92. The van der Waals surface area contributed by atoms with E-state index in [4.69, 9.17) is 4.74 Å². The van der Waals surface area contributed by atoms with Crippen LogP contribution in [0.3, 0.4) is 0 Å². The quantitative estimate of drug-likeness (QED) is 0.367. The number of benzene rings is 2. The van der Waals surface area contributed by atoms with E-state index in [1.54, 1.807) is 24.5 Å². The first-order valence-electron chi connectivity index (χ1n) is 10.2. The number of carbonyl (C=O) groups excluding carboxylic acids is 1. The normalized spacial score (nSPS) is 11.7. The van der Waals surface area contributed by atoms with Gasteiger partial charge in [-0.3, -0.25) is 15.0 Å². The fourth-order valence-corrected chi connectivity index (χ4v) is 3.53. The van der Waals surface area contributed by atoms with Gasteiger partial charge in [-0.1, -0.05) is 32.9 Å². The summed E-state index contributed by atoms with van der Waals surface area (Å²) in [7, 11) is 0. The lowest BCUT2D eigenvalue weighted by Crippen LogP contribution is -2.13. The SMILES string of the molecule is CC(C)(C)c1cc(NC(=O)c2cccc3cc(Oc4ccnc5[nH]ncc45)ccc23)[nH]n1. The van der Waals surface area contributed by atoms with Gasteiger partial charge in [0.2, 0.25) is 0 Å². The first kappa shape index (κ1) is 19.7. The molecular weight excluding hydrogens is 404 g/mol. The second kappa shape index (κ2) is 7.49. The highest BCUT2D eigenvalue weighted by molar-refractivity contribution is 6.12. The third-order valence-corrected chi connectivity index (χ3v) is 5.23. The van der Waals surface area contributed by atoms with Gasteiger partial charge in [0.25, 0.3) is 5.91 Å². The summed E-state index contributed by atoms with van der Waals surface area (Å²) in [5, 5.41) is 19.5. The van der Waals surface area contributed by atoms with E-state index in [1.807, 2.05) is 36.4 Å². The largest absolute Gasteiger partial charge is 0.456 e. The van der Waals surface area contributed by atoms with Gasteiger partial charge in [-0.05, 0) is 41.1 Å². The molecule has 8 nitrogen and oxygen atoms in total. The van der Waals surface area contributed by atoms with Gasteiger partial charge < -0.3 is 10.1 Å². The molecule has 0 fully saturated rings. The van der Waals surface area contributed by atoms with Crippen molar-refractivity contribution >= 4 is 33.5 Å². The number of carbonyl (C=O) groups is 1. The predicted molar refractivity (Wildman–Crippen MR) is 123 cm³/mol. The van der Waals surface area contributed by atoms with Crippen molar-refractivity contribution in [2.45, 2.75) is 26.2 Å². The van der Waals surface area contributed by atoms with E-state index >= 15 is 0 Å². The molecule has 3 N–H and O–H groups in total. The molecule has 1 amide bonds. The van der Waals surface area contributed by atoms with Crippen LogP contribution in [0.2, 0.25) is 0 Å². The van der Waals surface area contributed by atoms with Gasteiger partial charge in [0, 0.05) is 23.2 Å². The summed E-state index contributed by atoms with van der Waals surface area (Å²) in [5.41, 5.74) is 2.01. The van der Waals surface area contributed by atoms with Gasteiger partial charge in [0.1, 0.15) is 17.3 Å². The Kier molecular flexibility index (Phi) is 4.62. The summed E-state index contributed by atoms with van der Waals surface area (Å²) < 4.78 is 6.07. The van der Waals surface area contributed by atoms with E-state index < -0.39 is 0 Å². The number of aromatic amines is 2. The first-order chi connectivity index (χ1) is 15.4. The van der Waals surface area contributed by atoms with E-state index in [-0.39, 0.29) is 11.3 Å². The number of H-pyrrole nitrogens is 2. The second-order valence-electron chi connectivity index (χ2n) is 8.60. The zero-order valence-electron chi connectivity index (χ0n) is 17.9. The van der Waals surface area contributed by atoms with E-state index in [0.717, 1.165) is 21.9 Å². The number of hydrogen-bond acceptors (Lipinski definition) is 5. The summed E-state index contributed by atoms with van der Waals surface area (Å²) in [5.74, 6) is 1.68. The zero-order valence-corrected chi connectivity index (χ0v) is 17.9. The molecule has 0 aliphatic carbocycles. The molecule has 32 heavy (non-hydrogen) atoms. The average Bonchev–Trinajstić information content (AvgIpc) is 3.43. The predicted octanol–water partition coefficient (Wildman–Crippen LogP) is 5.18. The van der Waals surface area contributed by atoms with Gasteiger partial charge in [0.15, 0.2) is 5.65 Å². The third kappa shape index (κ3) is 3.66. The van der Waals surface area contributed by atoms with E-state index in [1.165, 1.54) is 0 Å². The molecule has 0 aliphatic heterocycles. The molecule has 0 saturated carbocycles. The molecule has 0 atom stereocenters. The summed E-state index contributed by atoms with van der Waals surface area (Å²) in [4.78, 5) is 17.2. The lowest BCUT2D eigenvalue weighted by molar-refractivity contribution is 0.102. The maximum Gasteiger partial charge on any atom is 0.257 e. The summed E-state index contributed by atoms with van der Waals surface area (Å²) in [6, 6.07) is 14.9. The molecule has 0 unspecified atom stereocenters. The van der Waals surface area contributed by atoms with Crippen molar-refractivity contribution < 1.29 is 9.53 Å². The molecule has 3 aromatic heterocycles. The highest BCUT2D eigenvalue weighted by Gasteiger charge is 2.19. The van der Waals surface area contributed by atoms with Crippen LogP contribution in [0.5, 0.6) is 11.5 Å². The van der Waals surface area contributed by atoms with Gasteiger partial charge in [0.05, 0.1) is 17.3 Å². The van der Waals surface area contributed by atoms with Gasteiger partial charge in [-0.15, -0.1) is 0 Å². The molecule has 0 radical (unpaired) electrons. The van der Waals surface area contributed by atoms with Crippen LogP contribution in [0.4, 0.5) is 5.82 Å². The van der Waals surface area contributed by atoms with Crippen LogP contribution in [-0.4, -0.2) is 31.3 Å². The Bertz CT molecular complexity index is 1440. The van der Waals surface area contributed by atoms with E-state index in [2.05, 4.69) is 51.5 Å². The minimum atomic E-state index is -0.206. The molecule has 5 rings (SSSR count). The van der Waals surface area contributed by atoms with Crippen LogP contribution < -0.4 is 10.1 Å². The Morgan fingerprint density at radius 3 is 2.72 bits per heavy atom. The molecule has 5 aromatic rings. The zero-order chi connectivity index (χ0) is 22.3. The van der Waals surface area contributed by atoms with Crippen molar-refractivity contribution in [1.29, 1.82) is 0 Å². The molecule has 0 saturated heterocycles. The van der Waals surface area contributed by atoms with E-state index in [0.29, 0.717) is 28.5 Å². The van der Waals surface area contributed by atoms with Gasteiger partial charge in [-0.25, -0.2) is 4.98 Å². The van der Waals surface area contributed by atoms with Gasteiger partial charge in [-0.2, -0.15) is 10.2 Å². The molecule has 160 valence electrons. The number of aromatic nitrogens is 5. The third-order valence-electron chi connectivity index (χ3n) is 5.23. The fourth-order valence-electron chi connectivity index (χ4n) is 3.53. The Balaban J connectivity index is 1.42. The summed E-state index contributed by atoms with van der Waals surface area (Å²) >= 11 is 0. The van der Waals surface area contributed by atoms with Gasteiger partial charge >= 0.3 is 0 Å². The smallest absolute Gasteiger partial charge is 0.257 e. The highest BCUT2D eigenvalue weighted by Crippen LogP contribution is 2.31. The molecule has 0 spiro atoms. The fraction of sp³-hybridized carbons (Fsp3) is 0.167. The lowest BCUT2D eigenvalue weighted by Gasteiger charge is -2.13. The minimum Gasteiger partial charge on any atom is -0.456 e. The topological polar surface area (TPSA) is 109 Å². The van der Waals surface area contributed by atoms with Crippen molar-refractivity contribution in [3.05, 3.63) is 72.2 Å². The molecule has 2 aromatic carbocycles. The van der Waals surface area contributed by atoms with Crippen molar-refractivity contribution in [3.8, 4) is 11.5 Å². The van der Waals surface area contributed by atoms with Crippen LogP contribution in [-0.2, 0) is 5.41 Å². The van der Waals surface area contributed by atoms with Crippen molar-refractivity contribution in [1.82, 2.24) is 25.4 Å². The molecular formula is C24H22N6O2. The number of nitrogens with one attached hydrogen (secondary N) is 3. The number of anilines is 1. The number of ether oxygens (including phenoxy) is 1. The van der Waals surface area contributed by atoms with Crippen LogP contribution in [0.15, 0.2) is 60.9 Å². The molecule has 3 heterocycles. The van der Waals surface area contributed by atoms with E-state index in [9.17, 15) is 4.79 Å². The number of fused-ring (bicyclic) bond motifs is 2. The van der Waals surface area contributed by atoms with Crippen molar-refractivity contribution in [2.24, 2.45) is 0 Å². The number of nitrogens with zero attached hydrogens (tertiary/aromatic N) is 3. The Hall–Kier alpha value is -4.20. The number of pyridine rings is 1. The number of hydrogen-bond donors (Lipinski definition) is 3. The van der Waals surface area contributed by atoms with Crippen LogP contribution in [0.1, 0.15) is 36.8 Å².